The highest BCUT2D eigenvalue weighted by Crippen LogP contribution is 2.20. The van der Waals surface area contributed by atoms with Crippen LogP contribution in [0, 0.1) is 6.92 Å². The van der Waals surface area contributed by atoms with Crippen LogP contribution in [0.3, 0.4) is 0 Å². The van der Waals surface area contributed by atoms with Gasteiger partial charge in [-0.2, -0.15) is 0 Å². The normalized spacial score (nSPS) is 11.1. The molecule has 2 aromatic heterocycles. The fourth-order valence-electron chi connectivity index (χ4n) is 2.02. The van der Waals surface area contributed by atoms with Crippen LogP contribution in [0.4, 0.5) is 0 Å². The fraction of sp³-hybridized carbons (Fsp3) is 0.143. The third-order valence-corrected chi connectivity index (χ3v) is 3.79. The number of thiophene rings is 1. The molecule has 0 atom stereocenters. The Balaban J connectivity index is 2.00. The average molecular weight is 227 g/mol. The summed E-state index contributed by atoms with van der Waals surface area (Å²) in [7, 11) is 0. The number of aromatic nitrogens is 1. The summed E-state index contributed by atoms with van der Waals surface area (Å²) in [6.07, 6.45) is 2.17. The zero-order valence-electron chi connectivity index (χ0n) is 9.18. The summed E-state index contributed by atoms with van der Waals surface area (Å²) in [5.74, 6) is 0. The number of benzene rings is 1. The monoisotopic (exact) mass is 227 g/mol. The molecule has 0 bridgehead atoms. The first-order valence-corrected chi connectivity index (χ1v) is 6.24. The van der Waals surface area contributed by atoms with E-state index in [2.05, 4.69) is 60.2 Å². The molecule has 0 fully saturated rings. The molecule has 0 unspecified atom stereocenters. The van der Waals surface area contributed by atoms with Crippen LogP contribution in [0.15, 0.2) is 48.7 Å². The van der Waals surface area contributed by atoms with Crippen LogP contribution in [0.2, 0.25) is 0 Å². The molecule has 2 heterocycles. The third kappa shape index (κ3) is 1.65. The van der Waals surface area contributed by atoms with E-state index in [1.54, 1.807) is 0 Å². The summed E-state index contributed by atoms with van der Waals surface area (Å²) in [6, 6.07) is 15.1. The molecule has 0 spiro atoms. The van der Waals surface area contributed by atoms with Crippen molar-refractivity contribution in [1.29, 1.82) is 0 Å². The zero-order chi connectivity index (χ0) is 11.0. The molecule has 3 aromatic rings. The predicted molar refractivity (Wildman–Crippen MR) is 70.1 cm³/mol. The van der Waals surface area contributed by atoms with Crippen molar-refractivity contribution in [3.8, 4) is 0 Å². The topological polar surface area (TPSA) is 4.93 Å². The highest BCUT2D eigenvalue weighted by molar-refractivity contribution is 7.11. The lowest BCUT2D eigenvalue weighted by Gasteiger charge is -2.02. The number of hydrogen-bond donors (Lipinski definition) is 0. The smallest absolute Gasteiger partial charge is 0.0569 e. The van der Waals surface area contributed by atoms with Gasteiger partial charge in [-0.3, -0.25) is 0 Å². The number of para-hydroxylation sites is 1. The van der Waals surface area contributed by atoms with Gasteiger partial charge < -0.3 is 4.57 Å². The first-order chi connectivity index (χ1) is 7.83. The summed E-state index contributed by atoms with van der Waals surface area (Å²) in [6.45, 7) is 3.13. The van der Waals surface area contributed by atoms with Gasteiger partial charge in [-0.1, -0.05) is 18.2 Å². The molecule has 0 aliphatic heterocycles. The van der Waals surface area contributed by atoms with Crippen molar-refractivity contribution in [1.82, 2.24) is 4.57 Å². The van der Waals surface area contributed by atoms with E-state index in [-0.39, 0.29) is 0 Å². The Morgan fingerprint density at radius 1 is 1.06 bits per heavy atom. The van der Waals surface area contributed by atoms with Gasteiger partial charge in [0.2, 0.25) is 0 Å². The summed E-state index contributed by atoms with van der Waals surface area (Å²) in [5, 5.41) is 1.32. The van der Waals surface area contributed by atoms with E-state index in [1.807, 2.05) is 11.3 Å². The molecule has 0 saturated carbocycles. The third-order valence-electron chi connectivity index (χ3n) is 2.80. The van der Waals surface area contributed by atoms with Gasteiger partial charge in [0, 0.05) is 21.5 Å². The standard InChI is InChI=1S/C14H13NS/c1-11-6-7-13(16-11)10-15-9-8-12-4-2-3-5-14(12)15/h2-9H,10H2,1H3. The quantitative estimate of drug-likeness (QED) is 0.622. The van der Waals surface area contributed by atoms with Gasteiger partial charge in [-0.25, -0.2) is 0 Å². The molecular weight excluding hydrogens is 214 g/mol. The molecule has 0 aliphatic carbocycles. The van der Waals surface area contributed by atoms with Crippen LogP contribution in [0.25, 0.3) is 10.9 Å². The van der Waals surface area contributed by atoms with Crippen molar-refractivity contribution >= 4 is 22.2 Å². The zero-order valence-corrected chi connectivity index (χ0v) is 10.00. The fourth-order valence-corrected chi connectivity index (χ4v) is 2.91. The van der Waals surface area contributed by atoms with Crippen LogP contribution >= 0.6 is 11.3 Å². The van der Waals surface area contributed by atoms with Crippen molar-refractivity contribution < 1.29 is 0 Å². The SMILES string of the molecule is Cc1ccc(Cn2ccc3ccccc32)s1. The van der Waals surface area contributed by atoms with E-state index in [0.29, 0.717) is 0 Å². The van der Waals surface area contributed by atoms with E-state index in [1.165, 1.54) is 20.7 Å². The van der Waals surface area contributed by atoms with Crippen LogP contribution in [0.5, 0.6) is 0 Å². The summed E-state index contributed by atoms with van der Waals surface area (Å²) < 4.78 is 2.31. The second kappa shape index (κ2) is 3.80. The highest BCUT2D eigenvalue weighted by atomic mass is 32.1. The molecular formula is C14H13NS. The van der Waals surface area contributed by atoms with Gasteiger partial charge in [-0.05, 0) is 36.6 Å². The Morgan fingerprint density at radius 3 is 2.75 bits per heavy atom. The van der Waals surface area contributed by atoms with Gasteiger partial charge in [0.25, 0.3) is 0 Å². The van der Waals surface area contributed by atoms with E-state index in [0.717, 1.165) is 6.54 Å². The van der Waals surface area contributed by atoms with Gasteiger partial charge in [0.1, 0.15) is 0 Å². The molecule has 1 aromatic carbocycles. The minimum atomic E-state index is 0.978. The Morgan fingerprint density at radius 2 is 1.94 bits per heavy atom. The lowest BCUT2D eigenvalue weighted by Crippen LogP contribution is -1.94. The van der Waals surface area contributed by atoms with Crippen molar-refractivity contribution in [3.63, 3.8) is 0 Å². The number of rotatable bonds is 2. The summed E-state index contributed by atoms with van der Waals surface area (Å²) in [4.78, 5) is 2.80. The van der Waals surface area contributed by atoms with E-state index < -0.39 is 0 Å². The minimum absolute atomic E-state index is 0.978. The Bertz CT molecular complexity index is 618. The van der Waals surface area contributed by atoms with Crippen LogP contribution in [-0.2, 0) is 6.54 Å². The van der Waals surface area contributed by atoms with Crippen LogP contribution < -0.4 is 0 Å². The highest BCUT2D eigenvalue weighted by Gasteiger charge is 2.02. The van der Waals surface area contributed by atoms with E-state index in [9.17, 15) is 0 Å². The van der Waals surface area contributed by atoms with Gasteiger partial charge in [0.05, 0.1) is 6.54 Å². The van der Waals surface area contributed by atoms with Gasteiger partial charge in [0.15, 0.2) is 0 Å². The molecule has 0 amide bonds. The Labute approximate surface area is 99.0 Å². The largest absolute Gasteiger partial charge is 0.342 e. The first-order valence-electron chi connectivity index (χ1n) is 5.42. The molecule has 3 rings (SSSR count). The van der Waals surface area contributed by atoms with E-state index >= 15 is 0 Å². The molecule has 0 N–H and O–H groups in total. The predicted octanol–water partition coefficient (Wildman–Crippen LogP) is 4.06. The maximum absolute atomic E-state index is 2.31. The van der Waals surface area contributed by atoms with E-state index in [4.69, 9.17) is 0 Å². The number of aryl methyl sites for hydroxylation is 1. The summed E-state index contributed by atoms with van der Waals surface area (Å²) in [5.41, 5.74) is 1.31. The maximum atomic E-state index is 2.31. The Hall–Kier alpha value is -1.54. The molecule has 1 nitrogen and oxygen atoms in total. The lowest BCUT2D eigenvalue weighted by molar-refractivity contribution is 0.852. The first kappa shape index (κ1) is 9.67. The van der Waals surface area contributed by atoms with Crippen molar-refractivity contribution in [2.24, 2.45) is 0 Å². The molecule has 80 valence electrons. The van der Waals surface area contributed by atoms with Gasteiger partial charge in [-0.15, -0.1) is 11.3 Å². The molecule has 0 radical (unpaired) electrons. The average Bonchev–Trinajstić information content (AvgIpc) is 2.87. The molecule has 0 saturated heterocycles. The minimum Gasteiger partial charge on any atom is -0.342 e. The van der Waals surface area contributed by atoms with Crippen LogP contribution in [0.1, 0.15) is 9.75 Å². The van der Waals surface area contributed by atoms with Crippen LogP contribution in [-0.4, -0.2) is 4.57 Å². The number of fused-ring (bicyclic) bond motifs is 1. The number of hydrogen-bond acceptors (Lipinski definition) is 1. The maximum Gasteiger partial charge on any atom is 0.0569 e. The second-order valence-electron chi connectivity index (χ2n) is 4.01. The Kier molecular flexibility index (Phi) is 2.29. The van der Waals surface area contributed by atoms with Crippen molar-refractivity contribution in [2.45, 2.75) is 13.5 Å². The van der Waals surface area contributed by atoms with Crippen molar-refractivity contribution in [2.75, 3.05) is 0 Å². The molecule has 16 heavy (non-hydrogen) atoms. The van der Waals surface area contributed by atoms with Crippen molar-refractivity contribution in [3.05, 3.63) is 58.4 Å². The summed E-state index contributed by atoms with van der Waals surface area (Å²) >= 11 is 1.87. The molecule has 0 aliphatic rings. The van der Waals surface area contributed by atoms with Gasteiger partial charge >= 0.3 is 0 Å². The number of nitrogens with zero attached hydrogens (tertiary/aromatic N) is 1. The second-order valence-corrected chi connectivity index (χ2v) is 5.39. The lowest BCUT2D eigenvalue weighted by atomic mass is 10.2. The molecule has 2 heteroatoms.